The van der Waals surface area contributed by atoms with Crippen LogP contribution in [0.5, 0.6) is 0 Å². The summed E-state index contributed by atoms with van der Waals surface area (Å²) in [6, 6.07) is 10.8. The van der Waals surface area contributed by atoms with Gasteiger partial charge in [-0.2, -0.15) is 0 Å². The molecule has 0 aliphatic carbocycles. The van der Waals surface area contributed by atoms with Gasteiger partial charge in [-0.3, -0.25) is 0 Å². The molecule has 0 radical (unpaired) electrons. The lowest BCUT2D eigenvalue weighted by Crippen LogP contribution is -2.25. The molecule has 0 heterocycles. The van der Waals surface area contributed by atoms with Crippen LogP contribution in [0.2, 0.25) is 0 Å². The second kappa shape index (κ2) is 7.11. The van der Waals surface area contributed by atoms with Crippen LogP contribution in [0.4, 0.5) is 8.78 Å². The highest BCUT2D eigenvalue weighted by Gasteiger charge is 2.15. The Morgan fingerprint density at radius 3 is 2.48 bits per heavy atom. The maximum absolute atomic E-state index is 13.6. The number of rotatable bonds is 5. The lowest BCUT2D eigenvalue weighted by atomic mass is 10.1. The highest BCUT2D eigenvalue weighted by molar-refractivity contribution is 9.10. The number of nitrogens with one attached hydrogen (secondary N) is 1. The molecule has 1 unspecified atom stereocenters. The molecule has 2 rings (SSSR count). The van der Waals surface area contributed by atoms with E-state index in [-0.39, 0.29) is 18.2 Å². The smallest absolute Gasteiger partial charge is 0.129 e. The SMILES string of the molecule is C[C@@H](NCC(O)c1cc(F)ccc1F)c1ccc(Br)cc1. The Kier molecular flexibility index (Phi) is 5.45. The first-order chi connectivity index (χ1) is 9.97. The number of aliphatic hydroxyl groups excluding tert-OH is 1. The molecule has 0 saturated heterocycles. The van der Waals surface area contributed by atoms with Gasteiger partial charge in [-0.1, -0.05) is 28.1 Å². The lowest BCUT2D eigenvalue weighted by Gasteiger charge is -2.18. The van der Waals surface area contributed by atoms with Crippen molar-refractivity contribution < 1.29 is 13.9 Å². The predicted octanol–water partition coefficient (Wildman–Crippen LogP) is 4.11. The first-order valence-electron chi connectivity index (χ1n) is 6.59. The van der Waals surface area contributed by atoms with Crippen molar-refractivity contribution in [2.24, 2.45) is 0 Å². The van der Waals surface area contributed by atoms with Crippen molar-refractivity contribution in [2.45, 2.75) is 19.1 Å². The molecule has 2 N–H and O–H groups in total. The Morgan fingerprint density at radius 2 is 1.81 bits per heavy atom. The van der Waals surface area contributed by atoms with Crippen LogP contribution < -0.4 is 5.32 Å². The predicted molar refractivity (Wildman–Crippen MR) is 81.9 cm³/mol. The van der Waals surface area contributed by atoms with Gasteiger partial charge in [0.15, 0.2) is 0 Å². The van der Waals surface area contributed by atoms with Crippen LogP contribution in [-0.2, 0) is 0 Å². The maximum atomic E-state index is 13.6. The summed E-state index contributed by atoms with van der Waals surface area (Å²) in [6.07, 6.45) is -1.10. The van der Waals surface area contributed by atoms with E-state index in [0.717, 1.165) is 28.2 Å². The first-order valence-corrected chi connectivity index (χ1v) is 7.38. The van der Waals surface area contributed by atoms with Crippen LogP contribution in [0, 0.1) is 11.6 Å². The third-order valence-corrected chi connectivity index (χ3v) is 3.83. The molecule has 2 aromatic carbocycles. The Hall–Kier alpha value is -1.30. The number of hydrogen-bond donors (Lipinski definition) is 2. The van der Waals surface area contributed by atoms with Gasteiger partial charge in [0.1, 0.15) is 11.6 Å². The highest BCUT2D eigenvalue weighted by Crippen LogP contribution is 2.20. The fourth-order valence-corrected chi connectivity index (χ4v) is 2.30. The average Bonchev–Trinajstić information content (AvgIpc) is 2.47. The summed E-state index contributed by atoms with van der Waals surface area (Å²) in [7, 11) is 0. The normalized spacial score (nSPS) is 14.0. The molecule has 112 valence electrons. The van der Waals surface area contributed by atoms with Crippen LogP contribution in [0.3, 0.4) is 0 Å². The maximum Gasteiger partial charge on any atom is 0.129 e. The van der Waals surface area contributed by atoms with Crippen molar-refractivity contribution in [1.82, 2.24) is 5.32 Å². The van der Waals surface area contributed by atoms with Gasteiger partial charge in [0.25, 0.3) is 0 Å². The lowest BCUT2D eigenvalue weighted by molar-refractivity contribution is 0.166. The van der Waals surface area contributed by atoms with Crippen LogP contribution in [0.25, 0.3) is 0 Å². The zero-order valence-corrected chi connectivity index (χ0v) is 13.1. The van der Waals surface area contributed by atoms with E-state index in [1.54, 1.807) is 0 Å². The van der Waals surface area contributed by atoms with E-state index < -0.39 is 17.7 Å². The van der Waals surface area contributed by atoms with Crippen LogP contribution >= 0.6 is 15.9 Å². The second-order valence-electron chi connectivity index (χ2n) is 4.86. The third kappa shape index (κ3) is 4.33. The fourth-order valence-electron chi connectivity index (χ4n) is 2.04. The Morgan fingerprint density at radius 1 is 1.14 bits per heavy atom. The van der Waals surface area contributed by atoms with Crippen LogP contribution in [0.15, 0.2) is 46.9 Å². The number of aliphatic hydroxyl groups is 1. The van der Waals surface area contributed by atoms with Crippen LogP contribution in [-0.4, -0.2) is 11.7 Å². The molecule has 0 bridgehead atoms. The van der Waals surface area contributed by atoms with Crippen molar-refractivity contribution in [3.63, 3.8) is 0 Å². The van der Waals surface area contributed by atoms with Gasteiger partial charge in [0.05, 0.1) is 6.10 Å². The summed E-state index contributed by atoms with van der Waals surface area (Å²) in [5, 5.41) is 13.1. The molecule has 0 saturated carbocycles. The largest absolute Gasteiger partial charge is 0.387 e. The summed E-state index contributed by atoms with van der Waals surface area (Å²) in [5.41, 5.74) is 1.01. The van der Waals surface area contributed by atoms with Crippen molar-refractivity contribution in [1.29, 1.82) is 0 Å². The van der Waals surface area contributed by atoms with Crippen molar-refractivity contribution in [3.8, 4) is 0 Å². The van der Waals surface area contributed by atoms with E-state index in [2.05, 4.69) is 21.2 Å². The molecule has 2 atom stereocenters. The number of hydrogen-bond acceptors (Lipinski definition) is 2. The summed E-state index contributed by atoms with van der Waals surface area (Å²) in [6.45, 7) is 2.08. The molecule has 2 aromatic rings. The molecule has 21 heavy (non-hydrogen) atoms. The van der Waals surface area contributed by atoms with Gasteiger partial charge < -0.3 is 10.4 Å². The third-order valence-electron chi connectivity index (χ3n) is 3.30. The molecule has 0 aliphatic heterocycles. The molecular formula is C16H16BrF2NO. The standard InChI is InChI=1S/C16H16BrF2NO/c1-10(11-2-4-12(17)5-3-11)20-9-16(21)14-8-13(18)6-7-15(14)19/h2-8,10,16,20-21H,9H2,1H3/t10-,16?/m1/s1. The zero-order chi connectivity index (χ0) is 15.4. The Bertz CT molecular complexity index is 604. The van der Waals surface area contributed by atoms with Gasteiger partial charge in [0.2, 0.25) is 0 Å². The highest BCUT2D eigenvalue weighted by atomic mass is 79.9. The minimum Gasteiger partial charge on any atom is -0.387 e. The zero-order valence-electron chi connectivity index (χ0n) is 11.5. The topological polar surface area (TPSA) is 32.3 Å². The molecule has 0 amide bonds. The van der Waals surface area contributed by atoms with E-state index in [1.807, 2.05) is 31.2 Å². The molecule has 2 nitrogen and oxygen atoms in total. The van der Waals surface area contributed by atoms with E-state index in [9.17, 15) is 13.9 Å². The van der Waals surface area contributed by atoms with Gasteiger partial charge in [-0.15, -0.1) is 0 Å². The Labute approximate surface area is 130 Å². The van der Waals surface area contributed by atoms with Gasteiger partial charge >= 0.3 is 0 Å². The summed E-state index contributed by atoms with van der Waals surface area (Å²) >= 11 is 3.36. The van der Waals surface area contributed by atoms with Crippen molar-refractivity contribution >= 4 is 15.9 Å². The molecular weight excluding hydrogens is 340 g/mol. The number of halogens is 3. The molecule has 0 aliphatic rings. The fraction of sp³-hybridized carbons (Fsp3) is 0.250. The summed E-state index contributed by atoms with van der Waals surface area (Å²) < 4.78 is 27.6. The molecule has 0 fully saturated rings. The minimum atomic E-state index is -1.10. The van der Waals surface area contributed by atoms with E-state index in [1.165, 1.54) is 0 Å². The van der Waals surface area contributed by atoms with E-state index >= 15 is 0 Å². The average molecular weight is 356 g/mol. The van der Waals surface area contributed by atoms with Crippen molar-refractivity contribution in [2.75, 3.05) is 6.54 Å². The first kappa shape index (κ1) is 16.1. The van der Waals surface area contributed by atoms with Crippen LogP contribution in [0.1, 0.15) is 30.2 Å². The second-order valence-corrected chi connectivity index (χ2v) is 5.78. The minimum absolute atomic E-state index is 0.00984. The quantitative estimate of drug-likeness (QED) is 0.845. The van der Waals surface area contributed by atoms with Crippen molar-refractivity contribution in [3.05, 3.63) is 69.7 Å². The molecule has 5 heteroatoms. The summed E-state index contributed by atoms with van der Waals surface area (Å²) in [4.78, 5) is 0. The van der Waals surface area contributed by atoms with E-state index in [0.29, 0.717) is 0 Å². The Balaban J connectivity index is 1.98. The van der Waals surface area contributed by atoms with Gasteiger partial charge in [-0.25, -0.2) is 8.78 Å². The monoisotopic (exact) mass is 355 g/mol. The van der Waals surface area contributed by atoms with Gasteiger partial charge in [-0.05, 0) is 42.8 Å². The molecule has 0 spiro atoms. The molecule has 0 aromatic heterocycles. The number of benzene rings is 2. The summed E-state index contributed by atoms with van der Waals surface area (Å²) in [5.74, 6) is -1.17. The van der Waals surface area contributed by atoms with E-state index in [4.69, 9.17) is 0 Å². The van der Waals surface area contributed by atoms with Gasteiger partial charge in [0, 0.05) is 22.6 Å².